The van der Waals surface area contributed by atoms with E-state index in [9.17, 15) is 0 Å². The normalized spacial score (nSPS) is 23.7. The minimum absolute atomic E-state index is 0.698. The molecule has 1 saturated carbocycles. The summed E-state index contributed by atoms with van der Waals surface area (Å²) in [6, 6.07) is 1.48. The Labute approximate surface area is 121 Å². The monoisotopic (exact) mass is 268 g/mol. The van der Waals surface area contributed by atoms with Gasteiger partial charge in [0.25, 0.3) is 0 Å². The van der Waals surface area contributed by atoms with Crippen molar-refractivity contribution < 1.29 is 0 Å². The zero-order chi connectivity index (χ0) is 14.1. The zero-order valence-corrected chi connectivity index (χ0v) is 13.8. The van der Waals surface area contributed by atoms with Gasteiger partial charge in [-0.2, -0.15) is 0 Å². The summed E-state index contributed by atoms with van der Waals surface area (Å²) in [4.78, 5) is 2.71. The summed E-state index contributed by atoms with van der Waals surface area (Å²) in [7, 11) is 0. The van der Waals surface area contributed by atoms with Crippen molar-refractivity contribution in [3.8, 4) is 0 Å². The number of hydrogen-bond donors (Lipinski definition) is 1. The van der Waals surface area contributed by atoms with Crippen molar-refractivity contribution in [2.24, 2.45) is 5.92 Å². The molecule has 1 fully saturated rings. The third-order valence-corrected chi connectivity index (χ3v) is 4.56. The predicted octanol–water partition coefficient (Wildman–Crippen LogP) is 4.06. The highest BCUT2D eigenvalue weighted by Crippen LogP contribution is 2.27. The molecule has 2 atom stereocenters. The van der Waals surface area contributed by atoms with Crippen molar-refractivity contribution in [2.75, 3.05) is 19.6 Å². The molecular formula is C17H36N2. The van der Waals surface area contributed by atoms with Crippen LogP contribution >= 0.6 is 0 Å². The Balaban J connectivity index is 2.38. The van der Waals surface area contributed by atoms with Gasteiger partial charge in [-0.25, -0.2) is 0 Å². The van der Waals surface area contributed by atoms with Gasteiger partial charge < -0.3 is 10.2 Å². The van der Waals surface area contributed by atoms with Gasteiger partial charge in [0.05, 0.1) is 0 Å². The van der Waals surface area contributed by atoms with Gasteiger partial charge in [-0.1, -0.05) is 33.1 Å². The quantitative estimate of drug-likeness (QED) is 0.601. The Morgan fingerprint density at radius 2 is 1.89 bits per heavy atom. The summed E-state index contributed by atoms with van der Waals surface area (Å²) in [6.45, 7) is 13.1. The third-order valence-electron chi connectivity index (χ3n) is 4.56. The number of nitrogens with one attached hydrogen (secondary N) is 1. The minimum atomic E-state index is 0.698. The summed E-state index contributed by atoms with van der Waals surface area (Å²) >= 11 is 0. The number of unbranched alkanes of at least 4 members (excludes halogenated alkanes) is 2. The topological polar surface area (TPSA) is 15.3 Å². The first-order chi connectivity index (χ1) is 9.19. The molecule has 1 aliphatic carbocycles. The van der Waals surface area contributed by atoms with Crippen LogP contribution in [0, 0.1) is 5.92 Å². The maximum atomic E-state index is 3.77. The Kier molecular flexibility index (Phi) is 8.72. The van der Waals surface area contributed by atoms with Crippen LogP contribution in [0.2, 0.25) is 0 Å². The molecule has 2 nitrogen and oxygen atoms in total. The van der Waals surface area contributed by atoms with E-state index in [1.807, 2.05) is 0 Å². The second-order valence-corrected chi connectivity index (χ2v) is 6.55. The van der Waals surface area contributed by atoms with E-state index in [-0.39, 0.29) is 0 Å². The van der Waals surface area contributed by atoms with Gasteiger partial charge in [0.15, 0.2) is 0 Å². The molecule has 0 amide bonds. The Bertz CT molecular complexity index is 215. The molecule has 1 N–H and O–H groups in total. The number of hydrogen-bond acceptors (Lipinski definition) is 2. The van der Waals surface area contributed by atoms with Gasteiger partial charge in [-0.15, -0.1) is 0 Å². The fourth-order valence-electron chi connectivity index (χ4n) is 3.28. The first-order valence-corrected chi connectivity index (χ1v) is 8.66. The largest absolute Gasteiger partial charge is 0.314 e. The molecule has 0 aliphatic heterocycles. The van der Waals surface area contributed by atoms with Crippen LogP contribution < -0.4 is 5.32 Å². The molecule has 0 heterocycles. The summed E-state index contributed by atoms with van der Waals surface area (Å²) in [5.74, 6) is 0.885. The van der Waals surface area contributed by atoms with Crippen LogP contribution in [-0.4, -0.2) is 36.6 Å². The summed E-state index contributed by atoms with van der Waals surface area (Å²) in [6.07, 6.45) is 9.58. The van der Waals surface area contributed by atoms with E-state index in [0.29, 0.717) is 6.04 Å². The number of rotatable bonds is 10. The van der Waals surface area contributed by atoms with Crippen molar-refractivity contribution in [1.29, 1.82) is 0 Å². The summed E-state index contributed by atoms with van der Waals surface area (Å²) < 4.78 is 0. The lowest BCUT2D eigenvalue weighted by Crippen LogP contribution is -2.42. The van der Waals surface area contributed by atoms with Crippen LogP contribution in [0.3, 0.4) is 0 Å². The van der Waals surface area contributed by atoms with Crippen molar-refractivity contribution in [2.45, 2.75) is 84.7 Å². The maximum absolute atomic E-state index is 3.77. The Morgan fingerprint density at radius 3 is 2.53 bits per heavy atom. The standard InChI is InChI=1S/C17H36N2/c1-5-7-8-13-19(15(3)4)14-16-10-9-11-17(16)18-12-6-2/h15-18H,5-14H2,1-4H3. The lowest BCUT2D eigenvalue weighted by molar-refractivity contribution is 0.172. The molecule has 0 spiro atoms. The van der Waals surface area contributed by atoms with Gasteiger partial charge in [-0.05, 0) is 58.5 Å². The molecule has 2 heteroatoms. The molecule has 2 unspecified atom stereocenters. The summed E-state index contributed by atoms with van der Waals surface area (Å²) in [5, 5.41) is 3.77. The third kappa shape index (κ3) is 6.27. The van der Waals surface area contributed by atoms with Gasteiger partial charge in [0.2, 0.25) is 0 Å². The first-order valence-electron chi connectivity index (χ1n) is 8.66. The van der Waals surface area contributed by atoms with E-state index < -0.39 is 0 Å². The van der Waals surface area contributed by atoms with Crippen LogP contribution in [0.25, 0.3) is 0 Å². The highest BCUT2D eigenvalue weighted by molar-refractivity contribution is 4.85. The lowest BCUT2D eigenvalue weighted by atomic mass is 10.0. The SMILES string of the molecule is CCCCCN(CC1CCCC1NCCC)C(C)C. The van der Waals surface area contributed by atoms with Crippen molar-refractivity contribution in [3.05, 3.63) is 0 Å². The van der Waals surface area contributed by atoms with Crippen LogP contribution in [0.5, 0.6) is 0 Å². The minimum Gasteiger partial charge on any atom is -0.314 e. The second-order valence-electron chi connectivity index (χ2n) is 6.55. The molecule has 0 aromatic rings. The van der Waals surface area contributed by atoms with Gasteiger partial charge in [0.1, 0.15) is 0 Å². The van der Waals surface area contributed by atoms with Crippen molar-refractivity contribution >= 4 is 0 Å². The van der Waals surface area contributed by atoms with E-state index in [0.717, 1.165) is 12.0 Å². The number of nitrogens with zero attached hydrogens (tertiary/aromatic N) is 1. The fourth-order valence-corrected chi connectivity index (χ4v) is 3.28. The summed E-state index contributed by atoms with van der Waals surface area (Å²) in [5.41, 5.74) is 0. The molecule has 0 radical (unpaired) electrons. The molecule has 0 bridgehead atoms. The van der Waals surface area contributed by atoms with E-state index >= 15 is 0 Å². The van der Waals surface area contributed by atoms with Crippen LogP contribution in [0.1, 0.15) is 72.6 Å². The molecule has 1 rings (SSSR count). The Hall–Kier alpha value is -0.0800. The molecule has 0 aromatic carbocycles. The zero-order valence-electron chi connectivity index (χ0n) is 13.8. The van der Waals surface area contributed by atoms with Crippen LogP contribution in [-0.2, 0) is 0 Å². The van der Waals surface area contributed by atoms with Crippen LogP contribution in [0.4, 0.5) is 0 Å². The molecular weight excluding hydrogens is 232 g/mol. The highest BCUT2D eigenvalue weighted by atomic mass is 15.2. The first kappa shape index (κ1) is 17.0. The van der Waals surface area contributed by atoms with Crippen LogP contribution in [0.15, 0.2) is 0 Å². The van der Waals surface area contributed by atoms with Gasteiger partial charge in [-0.3, -0.25) is 0 Å². The Morgan fingerprint density at radius 1 is 1.11 bits per heavy atom. The molecule has 0 saturated heterocycles. The van der Waals surface area contributed by atoms with Gasteiger partial charge in [0, 0.05) is 18.6 Å². The molecule has 1 aliphatic rings. The maximum Gasteiger partial charge on any atom is 0.0107 e. The van der Waals surface area contributed by atoms with Gasteiger partial charge >= 0.3 is 0 Å². The van der Waals surface area contributed by atoms with Crippen molar-refractivity contribution in [1.82, 2.24) is 10.2 Å². The second kappa shape index (κ2) is 9.77. The predicted molar refractivity (Wildman–Crippen MR) is 85.7 cm³/mol. The van der Waals surface area contributed by atoms with E-state index in [2.05, 4.69) is 37.9 Å². The molecule has 114 valence electrons. The average Bonchev–Trinajstić information content (AvgIpc) is 2.82. The highest BCUT2D eigenvalue weighted by Gasteiger charge is 2.28. The van der Waals surface area contributed by atoms with E-state index in [4.69, 9.17) is 0 Å². The van der Waals surface area contributed by atoms with E-state index in [1.54, 1.807) is 0 Å². The van der Waals surface area contributed by atoms with Crippen molar-refractivity contribution in [3.63, 3.8) is 0 Å². The van der Waals surface area contributed by atoms with E-state index in [1.165, 1.54) is 64.6 Å². The smallest absolute Gasteiger partial charge is 0.0107 e. The average molecular weight is 268 g/mol. The molecule has 0 aromatic heterocycles. The fraction of sp³-hybridized carbons (Fsp3) is 1.00. The lowest BCUT2D eigenvalue weighted by Gasteiger charge is -2.32. The molecule has 19 heavy (non-hydrogen) atoms.